The van der Waals surface area contributed by atoms with Gasteiger partial charge in [0.25, 0.3) is 5.91 Å². The van der Waals surface area contributed by atoms with Gasteiger partial charge in [-0.2, -0.15) is 5.10 Å². The lowest BCUT2D eigenvalue weighted by atomic mass is 9.77. The van der Waals surface area contributed by atoms with Crippen molar-refractivity contribution in [2.24, 2.45) is 11.0 Å². The molecule has 3 aromatic carbocycles. The van der Waals surface area contributed by atoms with E-state index in [9.17, 15) is 9.18 Å². The summed E-state index contributed by atoms with van der Waals surface area (Å²) in [7, 11) is 0. The minimum absolute atomic E-state index is 0.0658. The Labute approximate surface area is 193 Å². The highest BCUT2D eigenvalue weighted by Gasteiger charge is 2.43. The molecule has 166 valence electrons. The van der Waals surface area contributed by atoms with Gasteiger partial charge in [-0.3, -0.25) is 4.79 Å². The van der Waals surface area contributed by atoms with Crippen molar-refractivity contribution >= 4 is 17.7 Å². The lowest BCUT2D eigenvalue weighted by molar-refractivity contribution is -0.135. The zero-order chi connectivity index (χ0) is 22.6. The Hall–Kier alpha value is -3.73. The van der Waals surface area contributed by atoms with Crippen molar-refractivity contribution in [3.63, 3.8) is 0 Å². The molecule has 4 nitrogen and oxygen atoms in total. The molecule has 0 radical (unpaired) electrons. The van der Waals surface area contributed by atoms with Crippen LogP contribution in [0.2, 0.25) is 0 Å². The minimum Gasteiger partial charge on any atom is -0.481 e. The van der Waals surface area contributed by atoms with Crippen LogP contribution in [0.1, 0.15) is 36.4 Å². The van der Waals surface area contributed by atoms with Crippen LogP contribution < -0.4 is 4.74 Å². The highest BCUT2D eigenvalue weighted by Crippen LogP contribution is 2.44. The molecule has 5 heteroatoms. The zero-order valence-corrected chi connectivity index (χ0v) is 18.2. The highest BCUT2D eigenvalue weighted by molar-refractivity contribution is 6.08. The van der Waals surface area contributed by atoms with E-state index in [1.54, 1.807) is 17.1 Å². The molecule has 0 spiro atoms. The third-order valence-corrected chi connectivity index (χ3v) is 6.23. The molecule has 2 atom stereocenters. The molecule has 0 bridgehead atoms. The fourth-order valence-corrected chi connectivity index (χ4v) is 4.71. The number of ether oxygens (including phenoxy) is 1. The molecule has 1 amide bonds. The predicted octanol–water partition coefficient (Wildman–Crippen LogP) is 6.03. The van der Waals surface area contributed by atoms with Gasteiger partial charge in [-0.15, -0.1) is 0 Å². The molecule has 2 unspecified atom stereocenters. The molecule has 5 rings (SSSR count). The Morgan fingerprint density at radius 2 is 1.70 bits per heavy atom. The normalized spacial score (nSPS) is 20.9. The molecular formula is C28H25FN2O2. The third kappa shape index (κ3) is 4.44. The van der Waals surface area contributed by atoms with Gasteiger partial charge in [0.05, 0.1) is 11.8 Å². The molecule has 1 saturated carbocycles. The van der Waals surface area contributed by atoms with E-state index in [2.05, 4.69) is 18.2 Å². The Balaban J connectivity index is 1.46. The summed E-state index contributed by atoms with van der Waals surface area (Å²) in [5.74, 6) is -0.586. The Bertz CT molecular complexity index is 1190. The predicted molar refractivity (Wildman–Crippen MR) is 127 cm³/mol. The van der Waals surface area contributed by atoms with E-state index in [0.29, 0.717) is 0 Å². The number of rotatable bonds is 5. The number of hydrogen-bond acceptors (Lipinski definition) is 3. The average Bonchev–Trinajstić information content (AvgIpc) is 3.25. The third-order valence-electron chi connectivity index (χ3n) is 6.23. The maximum absolute atomic E-state index is 14.0. The fourth-order valence-electron chi connectivity index (χ4n) is 4.71. The topological polar surface area (TPSA) is 41.9 Å². The van der Waals surface area contributed by atoms with Gasteiger partial charge in [-0.1, -0.05) is 72.8 Å². The lowest BCUT2D eigenvalue weighted by Gasteiger charge is -2.29. The number of fused-ring (bicyclic) bond motifs is 1. The number of carbonyl (C=O) groups excluding carboxylic acids is 1. The molecule has 1 fully saturated rings. The lowest BCUT2D eigenvalue weighted by Crippen LogP contribution is -2.34. The van der Waals surface area contributed by atoms with Crippen LogP contribution in [-0.4, -0.2) is 23.2 Å². The molecular weight excluding hydrogens is 415 g/mol. The summed E-state index contributed by atoms with van der Waals surface area (Å²) in [5, 5.41) is 6.39. The van der Waals surface area contributed by atoms with E-state index in [-0.39, 0.29) is 30.2 Å². The van der Waals surface area contributed by atoms with E-state index in [4.69, 9.17) is 9.84 Å². The summed E-state index contributed by atoms with van der Waals surface area (Å²) in [6.45, 7) is -0.272. The summed E-state index contributed by atoms with van der Waals surface area (Å²) in [4.78, 5) is 13.3. The van der Waals surface area contributed by atoms with E-state index in [0.717, 1.165) is 36.1 Å². The van der Waals surface area contributed by atoms with Gasteiger partial charge in [-0.05, 0) is 54.2 Å². The monoisotopic (exact) mass is 440 g/mol. The number of benzene rings is 3. The number of amides is 1. The Kier molecular flexibility index (Phi) is 6.03. The van der Waals surface area contributed by atoms with E-state index in [1.165, 1.54) is 17.7 Å². The number of hydrazone groups is 1. The van der Waals surface area contributed by atoms with Gasteiger partial charge < -0.3 is 4.74 Å². The summed E-state index contributed by atoms with van der Waals surface area (Å²) in [6.07, 6.45) is 5.11. The van der Waals surface area contributed by atoms with Crippen LogP contribution in [0.15, 0.2) is 95.6 Å². The summed E-state index contributed by atoms with van der Waals surface area (Å²) < 4.78 is 19.5. The SMILES string of the molecule is O=C(COc1ccccc1F)N1N=C2/C(=C\c3ccccc3)CCCC2C1c1ccccc1. The van der Waals surface area contributed by atoms with Crippen LogP contribution in [0.5, 0.6) is 5.75 Å². The van der Waals surface area contributed by atoms with Gasteiger partial charge in [0, 0.05) is 5.92 Å². The van der Waals surface area contributed by atoms with E-state index < -0.39 is 5.82 Å². The maximum atomic E-state index is 14.0. The number of para-hydroxylation sites is 1. The Morgan fingerprint density at radius 1 is 1.00 bits per heavy atom. The first-order chi connectivity index (χ1) is 16.2. The van der Waals surface area contributed by atoms with Crippen LogP contribution >= 0.6 is 0 Å². The van der Waals surface area contributed by atoms with Gasteiger partial charge in [0.2, 0.25) is 0 Å². The maximum Gasteiger partial charge on any atom is 0.281 e. The quantitative estimate of drug-likeness (QED) is 0.486. The second kappa shape index (κ2) is 9.41. The van der Waals surface area contributed by atoms with Crippen LogP contribution in [-0.2, 0) is 4.79 Å². The smallest absolute Gasteiger partial charge is 0.281 e. The Morgan fingerprint density at radius 3 is 2.45 bits per heavy atom. The number of allylic oxidation sites excluding steroid dienone is 1. The second-order valence-corrected chi connectivity index (χ2v) is 8.38. The highest BCUT2D eigenvalue weighted by atomic mass is 19.1. The van der Waals surface area contributed by atoms with Gasteiger partial charge >= 0.3 is 0 Å². The summed E-state index contributed by atoms with van der Waals surface area (Å²) in [5.41, 5.74) is 4.31. The van der Waals surface area contributed by atoms with Crippen LogP contribution in [0, 0.1) is 11.7 Å². The average molecular weight is 441 g/mol. The van der Waals surface area contributed by atoms with Crippen molar-refractivity contribution in [3.05, 3.63) is 107 Å². The number of carbonyl (C=O) groups is 1. The van der Waals surface area contributed by atoms with Crippen molar-refractivity contribution in [2.45, 2.75) is 25.3 Å². The fraction of sp³-hybridized carbons (Fsp3) is 0.214. The van der Waals surface area contributed by atoms with Crippen molar-refractivity contribution < 1.29 is 13.9 Å². The van der Waals surface area contributed by atoms with E-state index >= 15 is 0 Å². The molecule has 1 heterocycles. The first-order valence-electron chi connectivity index (χ1n) is 11.3. The van der Waals surface area contributed by atoms with Crippen molar-refractivity contribution in [1.29, 1.82) is 0 Å². The van der Waals surface area contributed by atoms with Crippen molar-refractivity contribution in [1.82, 2.24) is 5.01 Å². The van der Waals surface area contributed by atoms with Gasteiger partial charge in [0.15, 0.2) is 18.2 Å². The number of nitrogens with zero attached hydrogens (tertiary/aromatic N) is 2. The largest absolute Gasteiger partial charge is 0.481 e. The second-order valence-electron chi connectivity index (χ2n) is 8.38. The molecule has 1 aliphatic heterocycles. The first-order valence-corrected chi connectivity index (χ1v) is 11.3. The molecule has 0 saturated heterocycles. The molecule has 0 aromatic heterocycles. The first kappa shape index (κ1) is 21.1. The summed E-state index contributed by atoms with van der Waals surface area (Å²) >= 11 is 0. The standard InChI is InChI=1S/C28H25FN2O2/c29-24-16-7-8-17-25(24)33-19-26(32)31-28(21-12-5-2-6-13-21)23-15-9-14-22(27(23)30-31)18-20-10-3-1-4-11-20/h1-8,10-13,16-18,23,28H,9,14-15,19H2/b22-18-. The molecule has 33 heavy (non-hydrogen) atoms. The number of hydrogen-bond donors (Lipinski definition) is 0. The zero-order valence-electron chi connectivity index (χ0n) is 18.2. The molecule has 3 aromatic rings. The van der Waals surface area contributed by atoms with Crippen LogP contribution in [0.4, 0.5) is 4.39 Å². The minimum atomic E-state index is -0.487. The van der Waals surface area contributed by atoms with Gasteiger partial charge in [0.1, 0.15) is 0 Å². The van der Waals surface area contributed by atoms with Crippen molar-refractivity contribution in [3.8, 4) is 5.75 Å². The van der Waals surface area contributed by atoms with Gasteiger partial charge in [-0.25, -0.2) is 9.40 Å². The van der Waals surface area contributed by atoms with Crippen molar-refractivity contribution in [2.75, 3.05) is 6.61 Å². The van der Waals surface area contributed by atoms with E-state index in [1.807, 2.05) is 48.5 Å². The number of halogens is 1. The summed E-state index contributed by atoms with van der Waals surface area (Å²) in [6, 6.07) is 26.1. The van der Waals surface area contributed by atoms with Crippen LogP contribution in [0.25, 0.3) is 6.08 Å². The molecule has 1 aliphatic carbocycles. The van der Waals surface area contributed by atoms with Crippen LogP contribution in [0.3, 0.4) is 0 Å². The molecule has 0 N–H and O–H groups in total. The molecule has 2 aliphatic rings.